The first-order chi connectivity index (χ1) is 13.5. The molecule has 2 heterocycles. The summed E-state index contributed by atoms with van der Waals surface area (Å²) in [5, 5.41) is 13.0. The number of anilines is 2. The second kappa shape index (κ2) is 8.53. The van der Waals surface area contributed by atoms with Gasteiger partial charge in [-0.25, -0.2) is 4.98 Å². The van der Waals surface area contributed by atoms with E-state index in [0.29, 0.717) is 35.6 Å². The average molecular weight is 383 g/mol. The molecule has 28 heavy (non-hydrogen) atoms. The van der Waals surface area contributed by atoms with Crippen molar-refractivity contribution in [3.63, 3.8) is 0 Å². The molecule has 146 valence electrons. The highest BCUT2D eigenvalue weighted by Gasteiger charge is 2.14. The number of benzene rings is 1. The Balaban J connectivity index is 1.83. The molecule has 0 radical (unpaired) electrons. The highest BCUT2D eigenvalue weighted by molar-refractivity contribution is 6.08. The molecule has 0 bridgehead atoms. The SMILES string of the molecule is COCCOc1ccc(Nc2ccc3c(c2)c(C(C)=O)cn3CC(=O)O)cn1. The fraction of sp³-hybridized carbons (Fsp3) is 0.250. The number of carbonyl (C=O) groups is 2. The van der Waals surface area contributed by atoms with Crippen LogP contribution in [0.3, 0.4) is 0 Å². The molecule has 0 aliphatic rings. The average Bonchev–Trinajstić information content (AvgIpc) is 3.01. The first-order valence-corrected chi connectivity index (χ1v) is 8.68. The summed E-state index contributed by atoms with van der Waals surface area (Å²) in [5.74, 6) is -0.582. The summed E-state index contributed by atoms with van der Waals surface area (Å²) < 4.78 is 11.9. The molecule has 0 saturated carbocycles. The number of hydrogen-bond donors (Lipinski definition) is 2. The molecule has 0 amide bonds. The predicted molar refractivity (Wildman–Crippen MR) is 104 cm³/mol. The van der Waals surface area contributed by atoms with Crippen molar-refractivity contribution in [3.8, 4) is 5.88 Å². The number of ether oxygens (including phenoxy) is 2. The molecule has 1 aromatic carbocycles. The maximum Gasteiger partial charge on any atom is 0.323 e. The van der Waals surface area contributed by atoms with Gasteiger partial charge in [0.2, 0.25) is 5.88 Å². The number of hydrogen-bond acceptors (Lipinski definition) is 6. The van der Waals surface area contributed by atoms with Gasteiger partial charge in [-0.2, -0.15) is 0 Å². The number of aliphatic carboxylic acids is 1. The van der Waals surface area contributed by atoms with Gasteiger partial charge in [-0.1, -0.05) is 0 Å². The number of fused-ring (bicyclic) bond motifs is 1. The minimum Gasteiger partial charge on any atom is -0.480 e. The van der Waals surface area contributed by atoms with Gasteiger partial charge in [-0.15, -0.1) is 0 Å². The molecule has 2 N–H and O–H groups in total. The first kappa shape index (κ1) is 19.4. The number of carbonyl (C=O) groups excluding carboxylic acids is 1. The zero-order valence-corrected chi connectivity index (χ0v) is 15.6. The largest absolute Gasteiger partial charge is 0.480 e. The van der Waals surface area contributed by atoms with Crippen LogP contribution in [0.25, 0.3) is 10.9 Å². The zero-order chi connectivity index (χ0) is 20.1. The molecule has 0 atom stereocenters. The highest BCUT2D eigenvalue weighted by Crippen LogP contribution is 2.27. The molecule has 0 fully saturated rings. The Bertz CT molecular complexity index is 995. The van der Waals surface area contributed by atoms with Crippen molar-refractivity contribution >= 4 is 34.0 Å². The van der Waals surface area contributed by atoms with Gasteiger partial charge in [-0.3, -0.25) is 9.59 Å². The van der Waals surface area contributed by atoms with Crippen molar-refractivity contribution in [2.24, 2.45) is 0 Å². The van der Waals surface area contributed by atoms with Crippen LogP contribution < -0.4 is 10.1 Å². The Kier molecular flexibility index (Phi) is 5.90. The van der Waals surface area contributed by atoms with Crippen LogP contribution in [-0.4, -0.2) is 46.7 Å². The third kappa shape index (κ3) is 4.47. The Hall–Kier alpha value is -3.39. The molecule has 0 saturated heterocycles. The minimum absolute atomic E-state index is 0.120. The lowest BCUT2D eigenvalue weighted by Gasteiger charge is -2.09. The van der Waals surface area contributed by atoms with Crippen molar-refractivity contribution in [3.05, 3.63) is 48.3 Å². The Morgan fingerprint density at radius 2 is 1.96 bits per heavy atom. The van der Waals surface area contributed by atoms with Crippen molar-refractivity contribution in [2.45, 2.75) is 13.5 Å². The summed E-state index contributed by atoms with van der Waals surface area (Å²) in [6.45, 7) is 2.17. The van der Waals surface area contributed by atoms with E-state index in [1.807, 2.05) is 18.2 Å². The molecule has 0 unspecified atom stereocenters. The third-order valence-electron chi connectivity index (χ3n) is 4.13. The fourth-order valence-corrected chi connectivity index (χ4v) is 2.87. The van der Waals surface area contributed by atoms with Gasteiger partial charge in [0.1, 0.15) is 13.2 Å². The molecular formula is C20H21N3O5. The fourth-order valence-electron chi connectivity index (χ4n) is 2.87. The van der Waals surface area contributed by atoms with Crippen LogP contribution in [0.5, 0.6) is 5.88 Å². The molecule has 8 nitrogen and oxygen atoms in total. The van der Waals surface area contributed by atoms with Crippen molar-refractivity contribution in [2.75, 3.05) is 25.6 Å². The predicted octanol–water partition coefficient (Wildman–Crippen LogP) is 3.09. The number of pyridine rings is 1. The zero-order valence-electron chi connectivity index (χ0n) is 15.6. The number of ketones is 1. The monoisotopic (exact) mass is 383 g/mol. The summed E-state index contributed by atoms with van der Waals surface area (Å²) >= 11 is 0. The van der Waals surface area contributed by atoms with Crippen LogP contribution in [0.4, 0.5) is 11.4 Å². The van der Waals surface area contributed by atoms with Gasteiger partial charge >= 0.3 is 5.97 Å². The van der Waals surface area contributed by atoms with E-state index in [1.165, 1.54) is 6.92 Å². The second-order valence-corrected chi connectivity index (χ2v) is 6.20. The molecule has 2 aromatic heterocycles. The number of Topliss-reactive ketones (excluding diaryl/α,β-unsaturated/α-hetero) is 1. The van der Waals surface area contributed by atoms with E-state index < -0.39 is 5.97 Å². The van der Waals surface area contributed by atoms with Crippen molar-refractivity contribution < 1.29 is 24.2 Å². The van der Waals surface area contributed by atoms with E-state index >= 15 is 0 Å². The number of nitrogens with one attached hydrogen (secondary N) is 1. The van der Waals surface area contributed by atoms with E-state index in [-0.39, 0.29) is 12.3 Å². The van der Waals surface area contributed by atoms with Crippen LogP contribution in [-0.2, 0) is 16.1 Å². The van der Waals surface area contributed by atoms with Gasteiger partial charge in [0.05, 0.1) is 18.5 Å². The molecule has 0 aliphatic heterocycles. The molecular weight excluding hydrogens is 362 g/mol. The Morgan fingerprint density at radius 1 is 1.18 bits per heavy atom. The minimum atomic E-state index is -0.965. The van der Waals surface area contributed by atoms with E-state index in [9.17, 15) is 9.59 Å². The molecule has 0 spiro atoms. The lowest BCUT2D eigenvalue weighted by Crippen LogP contribution is -2.07. The summed E-state index contributed by atoms with van der Waals surface area (Å²) in [4.78, 5) is 27.3. The second-order valence-electron chi connectivity index (χ2n) is 6.20. The van der Waals surface area contributed by atoms with Gasteiger partial charge < -0.3 is 24.5 Å². The van der Waals surface area contributed by atoms with Gasteiger partial charge in [0.25, 0.3) is 0 Å². The first-order valence-electron chi connectivity index (χ1n) is 8.68. The third-order valence-corrected chi connectivity index (χ3v) is 4.13. The van der Waals surface area contributed by atoms with E-state index in [2.05, 4.69) is 10.3 Å². The maximum atomic E-state index is 12.0. The quantitative estimate of drug-likeness (QED) is 0.432. The number of rotatable bonds is 9. The van der Waals surface area contributed by atoms with Gasteiger partial charge in [-0.05, 0) is 31.2 Å². The number of nitrogens with zero attached hydrogens (tertiary/aromatic N) is 2. The normalized spacial score (nSPS) is 10.8. The lowest BCUT2D eigenvalue weighted by molar-refractivity contribution is -0.137. The van der Waals surface area contributed by atoms with Crippen LogP contribution in [0.2, 0.25) is 0 Å². The number of aromatic nitrogens is 2. The van der Waals surface area contributed by atoms with E-state index in [0.717, 1.165) is 11.4 Å². The molecule has 8 heteroatoms. The highest BCUT2D eigenvalue weighted by atomic mass is 16.5. The summed E-state index contributed by atoms with van der Waals surface area (Å²) in [6.07, 6.45) is 3.23. The van der Waals surface area contributed by atoms with Crippen molar-refractivity contribution in [1.82, 2.24) is 9.55 Å². The maximum absolute atomic E-state index is 12.0. The smallest absolute Gasteiger partial charge is 0.323 e. The number of carboxylic acids is 1. The van der Waals surface area contributed by atoms with Crippen LogP contribution in [0.15, 0.2) is 42.7 Å². The molecule has 0 aliphatic carbocycles. The van der Waals surface area contributed by atoms with E-state index in [4.69, 9.17) is 14.6 Å². The van der Waals surface area contributed by atoms with Crippen LogP contribution in [0.1, 0.15) is 17.3 Å². The summed E-state index contributed by atoms with van der Waals surface area (Å²) in [5.41, 5.74) is 2.70. The molecule has 3 rings (SSSR count). The number of carboxylic acid groups (broad SMARTS) is 1. The van der Waals surface area contributed by atoms with Crippen LogP contribution >= 0.6 is 0 Å². The molecule has 3 aromatic rings. The number of methoxy groups -OCH3 is 1. The van der Waals surface area contributed by atoms with E-state index in [1.54, 1.807) is 36.2 Å². The lowest BCUT2D eigenvalue weighted by atomic mass is 10.1. The summed E-state index contributed by atoms with van der Waals surface area (Å²) in [7, 11) is 1.61. The van der Waals surface area contributed by atoms with Gasteiger partial charge in [0.15, 0.2) is 5.78 Å². The van der Waals surface area contributed by atoms with Crippen LogP contribution in [0, 0.1) is 0 Å². The van der Waals surface area contributed by atoms with Crippen molar-refractivity contribution in [1.29, 1.82) is 0 Å². The topological polar surface area (TPSA) is 103 Å². The Labute approximate surface area is 161 Å². The summed E-state index contributed by atoms with van der Waals surface area (Å²) in [6, 6.07) is 9.03. The van der Waals surface area contributed by atoms with Gasteiger partial charge in [0, 0.05) is 41.5 Å². The Morgan fingerprint density at radius 3 is 2.61 bits per heavy atom. The standard InChI is InChI=1S/C20H21N3O5/c1-13(24)17-11-23(12-20(25)26)18-5-3-14(9-16(17)18)22-15-4-6-19(21-10-15)28-8-7-27-2/h3-6,9-11,22H,7-8,12H2,1-2H3,(H,25,26).